The number of nitrogens with zero attached hydrogens (tertiary/aromatic N) is 1. The minimum Gasteiger partial charge on any atom is -0.438 e. The van der Waals surface area contributed by atoms with Gasteiger partial charge in [-0.1, -0.05) is 24.3 Å². The van der Waals surface area contributed by atoms with Gasteiger partial charge < -0.3 is 15.2 Å². The molecule has 1 amide bonds. The van der Waals surface area contributed by atoms with Crippen molar-refractivity contribution in [3.05, 3.63) is 35.4 Å². The fourth-order valence-electron chi connectivity index (χ4n) is 2.97. The Morgan fingerprint density at radius 3 is 3.05 bits per heavy atom. The van der Waals surface area contributed by atoms with Crippen LogP contribution in [-0.4, -0.2) is 47.4 Å². The normalized spacial score (nSPS) is 29.8. The molecule has 2 atom stereocenters. The maximum Gasteiger partial charge on any atom is 0.410 e. The Labute approximate surface area is 118 Å². The van der Waals surface area contributed by atoms with Crippen LogP contribution in [0.25, 0.3) is 0 Å². The van der Waals surface area contributed by atoms with E-state index in [4.69, 9.17) is 4.74 Å². The Morgan fingerprint density at radius 2 is 2.30 bits per heavy atom. The maximum absolute atomic E-state index is 12.1. The number of β-amino-alcohol motifs (C(OH)–C–C–N with tert-alkyl or cyclic N) is 1. The number of aryl methyl sites for hydroxylation is 1. The predicted molar refractivity (Wildman–Crippen MR) is 74.3 cm³/mol. The van der Waals surface area contributed by atoms with Gasteiger partial charge in [0.1, 0.15) is 6.10 Å². The summed E-state index contributed by atoms with van der Waals surface area (Å²) in [7, 11) is 0. The second-order valence-corrected chi connectivity index (χ2v) is 5.69. The van der Waals surface area contributed by atoms with Gasteiger partial charge in [0.05, 0.1) is 6.54 Å². The van der Waals surface area contributed by atoms with E-state index in [2.05, 4.69) is 5.32 Å². The molecule has 0 unspecified atom stereocenters. The van der Waals surface area contributed by atoms with Crippen molar-refractivity contribution in [2.24, 2.45) is 0 Å². The summed E-state index contributed by atoms with van der Waals surface area (Å²) >= 11 is 0. The molecule has 0 aromatic heterocycles. The molecule has 108 valence electrons. The van der Waals surface area contributed by atoms with E-state index in [0.29, 0.717) is 26.1 Å². The Balaban J connectivity index is 1.76. The molecule has 1 aromatic rings. The van der Waals surface area contributed by atoms with Gasteiger partial charge in [0, 0.05) is 19.5 Å². The molecule has 5 heteroatoms. The van der Waals surface area contributed by atoms with Crippen LogP contribution in [0.3, 0.4) is 0 Å². The molecule has 1 aromatic carbocycles. The number of hydrogen-bond donors (Lipinski definition) is 2. The quantitative estimate of drug-likeness (QED) is 0.847. The lowest BCUT2D eigenvalue weighted by molar-refractivity contribution is -0.0693. The minimum atomic E-state index is -0.731. The fourth-order valence-corrected chi connectivity index (χ4v) is 2.97. The van der Waals surface area contributed by atoms with Crippen molar-refractivity contribution in [3.8, 4) is 0 Å². The molecular formula is C15H20N2O3. The van der Waals surface area contributed by atoms with Gasteiger partial charge in [-0.05, 0) is 24.6 Å². The van der Waals surface area contributed by atoms with Crippen LogP contribution in [0.1, 0.15) is 17.5 Å². The van der Waals surface area contributed by atoms with Gasteiger partial charge in [0.25, 0.3) is 0 Å². The van der Waals surface area contributed by atoms with Gasteiger partial charge >= 0.3 is 6.09 Å². The summed E-state index contributed by atoms with van der Waals surface area (Å²) in [5.74, 6) is 0. The summed E-state index contributed by atoms with van der Waals surface area (Å²) in [5.41, 5.74) is 1.54. The standard InChI is InChI=1S/C15H20N2O3/c1-11-4-2-3-5-12(11)9-17-10-15(20-14(17)19)6-7-16-8-13(15)18/h2-5,13,16,18H,6-10H2,1H3/t13-,15-/m0/s1. The van der Waals surface area contributed by atoms with Crippen LogP contribution in [0.2, 0.25) is 0 Å². The van der Waals surface area contributed by atoms with E-state index in [1.807, 2.05) is 31.2 Å². The average Bonchev–Trinajstić information content (AvgIpc) is 2.74. The second-order valence-electron chi connectivity index (χ2n) is 5.69. The van der Waals surface area contributed by atoms with Crippen LogP contribution >= 0.6 is 0 Å². The summed E-state index contributed by atoms with van der Waals surface area (Å²) in [6.07, 6.45) is -0.305. The van der Waals surface area contributed by atoms with Gasteiger partial charge in [-0.15, -0.1) is 0 Å². The van der Waals surface area contributed by atoms with Crippen molar-refractivity contribution in [1.29, 1.82) is 0 Å². The van der Waals surface area contributed by atoms with E-state index in [-0.39, 0.29) is 6.09 Å². The molecule has 2 saturated heterocycles. The number of amides is 1. The highest BCUT2D eigenvalue weighted by Gasteiger charge is 2.51. The molecule has 0 radical (unpaired) electrons. The third-order valence-corrected chi connectivity index (χ3v) is 4.30. The topological polar surface area (TPSA) is 61.8 Å². The molecule has 2 aliphatic rings. The lowest BCUT2D eigenvalue weighted by atomic mass is 9.89. The largest absolute Gasteiger partial charge is 0.438 e. The minimum absolute atomic E-state index is 0.325. The summed E-state index contributed by atoms with van der Waals surface area (Å²) < 4.78 is 5.52. The number of carbonyl (C=O) groups excluding carboxylic acids is 1. The molecule has 1 spiro atoms. The number of benzene rings is 1. The first-order valence-corrected chi connectivity index (χ1v) is 7.02. The van der Waals surface area contributed by atoms with Gasteiger partial charge in [0.15, 0.2) is 5.60 Å². The molecule has 3 rings (SSSR count). The third kappa shape index (κ3) is 2.27. The number of rotatable bonds is 2. The Kier molecular flexibility index (Phi) is 3.40. The number of piperidine rings is 1. The maximum atomic E-state index is 12.1. The van der Waals surface area contributed by atoms with E-state index in [1.54, 1.807) is 4.90 Å². The lowest BCUT2D eigenvalue weighted by Crippen LogP contribution is -2.56. The average molecular weight is 276 g/mol. The zero-order valence-corrected chi connectivity index (χ0v) is 11.6. The van der Waals surface area contributed by atoms with Crippen molar-refractivity contribution < 1.29 is 14.6 Å². The van der Waals surface area contributed by atoms with Crippen LogP contribution in [0.5, 0.6) is 0 Å². The highest BCUT2D eigenvalue weighted by Crippen LogP contribution is 2.32. The number of aliphatic hydroxyl groups is 1. The Morgan fingerprint density at radius 1 is 1.50 bits per heavy atom. The summed E-state index contributed by atoms with van der Waals surface area (Å²) in [6.45, 7) is 4.27. The number of aliphatic hydroxyl groups excluding tert-OH is 1. The second kappa shape index (κ2) is 5.07. The molecule has 2 heterocycles. The van der Waals surface area contributed by atoms with Gasteiger partial charge in [-0.25, -0.2) is 4.79 Å². The molecular weight excluding hydrogens is 256 g/mol. The molecule has 20 heavy (non-hydrogen) atoms. The first-order chi connectivity index (χ1) is 9.61. The molecule has 5 nitrogen and oxygen atoms in total. The summed E-state index contributed by atoms with van der Waals surface area (Å²) in [6, 6.07) is 8.01. The number of nitrogens with one attached hydrogen (secondary N) is 1. The molecule has 0 saturated carbocycles. The molecule has 2 N–H and O–H groups in total. The van der Waals surface area contributed by atoms with Crippen LogP contribution in [0.15, 0.2) is 24.3 Å². The van der Waals surface area contributed by atoms with Crippen LogP contribution in [0.4, 0.5) is 4.79 Å². The monoisotopic (exact) mass is 276 g/mol. The SMILES string of the molecule is Cc1ccccc1CN1C[C@]2(CCNC[C@@H]2O)OC1=O. The van der Waals surface area contributed by atoms with Gasteiger partial charge in [-0.2, -0.15) is 0 Å². The van der Waals surface area contributed by atoms with Crippen molar-refractivity contribution in [3.63, 3.8) is 0 Å². The van der Waals surface area contributed by atoms with Crippen molar-refractivity contribution in [2.45, 2.75) is 31.6 Å². The number of hydrogen-bond acceptors (Lipinski definition) is 4. The first-order valence-electron chi connectivity index (χ1n) is 7.02. The van der Waals surface area contributed by atoms with E-state index in [0.717, 1.165) is 17.7 Å². The van der Waals surface area contributed by atoms with E-state index < -0.39 is 11.7 Å². The Bertz CT molecular complexity index is 520. The molecule has 2 aliphatic heterocycles. The summed E-state index contributed by atoms with van der Waals surface area (Å²) in [4.78, 5) is 13.8. The molecule has 0 bridgehead atoms. The first kappa shape index (κ1) is 13.4. The highest BCUT2D eigenvalue weighted by atomic mass is 16.6. The van der Waals surface area contributed by atoms with Crippen LogP contribution in [-0.2, 0) is 11.3 Å². The van der Waals surface area contributed by atoms with Crippen LogP contribution < -0.4 is 5.32 Å². The van der Waals surface area contributed by atoms with Crippen molar-refractivity contribution in [1.82, 2.24) is 10.2 Å². The zero-order chi connectivity index (χ0) is 14.2. The van der Waals surface area contributed by atoms with E-state index >= 15 is 0 Å². The lowest BCUT2D eigenvalue weighted by Gasteiger charge is -2.36. The third-order valence-electron chi connectivity index (χ3n) is 4.30. The predicted octanol–water partition coefficient (Wildman–Crippen LogP) is 1.04. The fraction of sp³-hybridized carbons (Fsp3) is 0.533. The van der Waals surface area contributed by atoms with Crippen molar-refractivity contribution >= 4 is 6.09 Å². The number of carbonyl (C=O) groups is 1. The Hall–Kier alpha value is -1.59. The molecule has 2 fully saturated rings. The smallest absolute Gasteiger partial charge is 0.410 e. The number of ether oxygens (including phenoxy) is 1. The highest BCUT2D eigenvalue weighted by molar-refractivity contribution is 5.71. The van der Waals surface area contributed by atoms with Crippen molar-refractivity contribution in [2.75, 3.05) is 19.6 Å². The molecule has 0 aliphatic carbocycles. The summed E-state index contributed by atoms with van der Waals surface area (Å²) in [5, 5.41) is 13.3. The van der Waals surface area contributed by atoms with E-state index in [9.17, 15) is 9.90 Å². The van der Waals surface area contributed by atoms with Crippen LogP contribution in [0, 0.1) is 6.92 Å². The van der Waals surface area contributed by atoms with E-state index in [1.165, 1.54) is 0 Å². The van der Waals surface area contributed by atoms with Gasteiger partial charge in [0.2, 0.25) is 0 Å². The zero-order valence-electron chi connectivity index (χ0n) is 11.6. The van der Waals surface area contributed by atoms with Gasteiger partial charge in [-0.3, -0.25) is 4.90 Å².